The third kappa shape index (κ3) is 24.9. The molecule has 3 saturated heterocycles. The van der Waals surface area contributed by atoms with Gasteiger partial charge in [-0.15, -0.1) is 0 Å². The van der Waals surface area contributed by atoms with Crippen LogP contribution in [0.15, 0.2) is 30.3 Å². The average molecular weight is 647 g/mol. The van der Waals surface area contributed by atoms with Crippen LogP contribution >= 0.6 is 0 Å². The average Bonchev–Trinajstić information content (AvgIpc) is 3.88. The van der Waals surface area contributed by atoms with Crippen molar-refractivity contribution in [3.8, 4) is 0 Å². The van der Waals surface area contributed by atoms with Gasteiger partial charge in [-0.1, -0.05) is 110 Å². The van der Waals surface area contributed by atoms with Gasteiger partial charge >= 0.3 is 11.9 Å². The van der Waals surface area contributed by atoms with Crippen LogP contribution in [0.4, 0.5) is 0 Å². The number of hydrogen-bond acceptors (Lipinski definition) is 7. The molecule has 3 heterocycles. The van der Waals surface area contributed by atoms with E-state index in [0.717, 1.165) is 19.4 Å². The molecule has 3 aliphatic heterocycles. The molecule has 5 unspecified atom stereocenters. The van der Waals surface area contributed by atoms with Crippen LogP contribution in [-0.4, -0.2) is 62.3 Å². The number of benzene rings is 1. The maximum absolute atomic E-state index is 11.5. The quantitative estimate of drug-likeness (QED) is 0.184. The molecule has 5 atom stereocenters. The van der Waals surface area contributed by atoms with Crippen LogP contribution in [0.2, 0.25) is 0 Å². The molecule has 0 saturated carbocycles. The number of esters is 2. The van der Waals surface area contributed by atoms with Crippen molar-refractivity contribution in [1.82, 2.24) is 0 Å². The van der Waals surface area contributed by atoms with Gasteiger partial charge in [0.05, 0.1) is 37.3 Å². The standard InChI is InChI=1S/C10H18O3.C10H14.C9H16O3.C3H6O.6CH4/c1-5-9(2,3)8(11)12-6-10(4)7-13-10;1-3-9(2)10-7-5-4-6-8-10;1-4-7(2)8(10)11-5-9(3)6-12-9;1-3-2-4-3;;;;;;/h5-7H2,1-4H3;4-9H,3H2,1-2H3;7H,4-6H2,1-3H3;3H,2H2,1H3;6*1H4. The van der Waals surface area contributed by atoms with Gasteiger partial charge in [-0.3, -0.25) is 9.59 Å². The second kappa shape index (κ2) is 26.1. The molecule has 0 aromatic heterocycles. The smallest absolute Gasteiger partial charge is 0.311 e. The molecule has 4 rings (SSSR count). The second-order valence-corrected chi connectivity index (χ2v) is 12.1. The van der Waals surface area contributed by atoms with E-state index in [-0.39, 0.29) is 79.0 Å². The molecule has 0 aliphatic carbocycles. The predicted molar refractivity (Wildman–Crippen MR) is 195 cm³/mol. The summed E-state index contributed by atoms with van der Waals surface area (Å²) in [6, 6.07) is 10.6. The van der Waals surface area contributed by atoms with Gasteiger partial charge in [-0.25, -0.2) is 0 Å². The summed E-state index contributed by atoms with van der Waals surface area (Å²) in [5, 5.41) is 0. The van der Waals surface area contributed by atoms with Gasteiger partial charge in [0.2, 0.25) is 0 Å². The van der Waals surface area contributed by atoms with E-state index in [1.54, 1.807) is 0 Å². The molecule has 0 spiro atoms. The Labute approximate surface area is 281 Å². The van der Waals surface area contributed by atoms with E-state index in [0.29, 0.717) is 38.4 Å². The normalized spacial score (nSPS) is 22.1. The van der Waals surface area contributed by atoms with Crippen molar-refractivity contribution >= 4 is 11.9 Å². The molecule has 3 aliphatic rings. The maximum Gasteiger partial charge on any atom is 0.311 e. The van der Waals surface area contributed by atoms with Crippen molar-refractivity contribution in [2.24, 2.45) is 11.3 Å². The summed E-state index contributed by atoms with van der Waals surface area (Å²) in [6.45, 7) is 23.2. The zero-order valence-electron chi connectivity index (χ0n) is 26.1. The first-order chi connectivity index (χ1) is 18.2. The highest BCUT2D eigenvalue weighted by atomic mass is 16.6. The number of epoxide rings is 3. The Morgan fingerprint density at radius 1 is 0.844 bits per heavy atom. The molecule has 1 aromatic rings. The van der Waals surface area contributed by atoms with E-state index in [4.69, 9.17) is 23.7 Å². The molecule has 272 valence electrons. The highest BCUT2D eigenvalue weighted by Crippen LogP contribution is 2.28. The van der Waals surface area contributed by atoms with Gasteiger partial charge in [-0.2, -0.15) is 0 Å². The largest absolute Gasteiger partial charge is 0.462 e. The number of rotatable bonds is 10. The summed E-state index contributed by atoms with van der Waals surface area (Å²) in [6.07, 6.45) is 3.43. The molecular formula is C38H78O7. The third-order valence-electron chi connectivity index (χ3n) is 7.23. The predicted octanol–water partition coefficient (Wildman–Crippen LogP) is 10.5. The van der Waals surface area contributed by atoms with E-state index in [9.17, 15) is 9.59 Å². The van der Waals surface area contributed by atoms with Crippen LogP contribution in [0.25, 0.3) is 0 Å². The zero-order valence-corrected chi connectivity index (χ0v) is 26.1. The third-order valence-corrected chi connectivity index (χ3v) is 7.23. The Morgan fingerprint density at radius 3 is 1.56 bits per heavy atom. The summed E-state index contributed by atoms with van der Waals surface area (Å²) < 4.78 is 25.1. The molecule has 45 heavy (non-hydrogen) atoms. The molecule has 0 bridgehead atoms. The molecule has 0 N–H and O–H groups in total. The van der Waals surface area contributed by atoms with E-state index in [1.807, 2.05) is 48.5 Å². The highest BCUT2D eigenvalue weighted by Gasteiger charge is 2.42. The van der Waals surface area contributed by atoms with Crippen LogP contribution < -0.4 is 0 Å². The molecule has 0 radical (unpaired) electrons. The lowest BCUT2D eigenvalue weighted by molar-refractivity contribution is -0.155. The fourth-order valence-electron chi connectivity index (χ4n) is 2.62. The van der Waals surface area contributed by atoms with Crippen LogP contribution in [-0.2, 0) is 33.3 Å². The van der Waals surface area contributed by atoms with Crippen molar-refractivity contribution in [1.29, 1.82) is 0 Å². The Balaban J connectivity index is -0.000000112. The van der Waals surface area contributed by atoms with Crippen LogP contribution in [0.1, 0.15) is 145 Å². The fourth-order valence-corrected chi connectivity index (χ4v) is 2.62. The first-order valence-electron chi connectivity index (χ1n) is 14.5. The van der Waals surface area contributed by atoms with Gasteiger partial charge in [0.15, 0.2) is 0 Å². The summed E-state index contributed by atoms with van der Waals surface area (Å²) in [5.74, 6) is 0.467. The van der Waals surface area contributed by atoms with Gasteiger partial charge < -0.3 is 23.7 Å². The zero-order chi connectivity index (χ0) is 29.7. The van der Waals surface area contributed by atoms with Crippen LogP contribution in [0, 0.1) is 11.3 Å². The topological polar surface area (TPSA) is 90.2 Å². The number of carbonyl (C=O) groups excluding carboxylic acids is 2. The van der Waals surface area contributed by atoms with Crippen molar-refractivity contribution in [2.45, 2.75) is 156 Å². The van der Waals surface area contributed by atoms with Crippen molar-refractivity contribution in [3.05, 3.63) is 35.9 Å². The lowest BCUT2D eigenvalue weighted by Crippen LogP contribution is -2.29. The van der Waals surface area contributed by atoms with Crippen LogP contribution in [0.5, 0.6) is 0 Å². The molecule has 7 nitrogen and oxygen atoms in total. The Kier molecular flexibility index (Phi) is 32.2. The molecule has 3 fully saturated rings. The van der Waals surface area contributed by atoms with Gasteiger partial charge in [0.1, 0.15) is 24.4 Å². The van der Waals surface area contributed by atoms with E-state index in [2.05, 4.69) is 51.1 Å². The summed E-state index contributed by atoms with van der Waals surface area (Å²) in [5.41, 5.74) is 0.707. The molecule has 1 aromatic carbocycles. The first kappa shape index (κ1) is 55.4. The lowest BCUT2D eigenvalue weighted by Gasteiger charge is -2.20. The minimum absolute atomic E-state index is 0. The maximum atomic E-state index is 11.5. The number of carbonyl (C=O) groups is 2. The van der Waals surface area contributed by atoms with Crippen molar-refractivity contribution in [3.63, 3.8) is 0 Å². The molecular weight excluding hydrogens is 568 g/mol. The van der Waals surface area contributed by atoms with Crippen molar-refractivity contribution < 1.29 is 33.3 Å². The Morgan fingerprint density at radius 2 is 1.24 bits per heavy atom. The Hall–Kier alpha value is -1.96. The van der Waals surface area contributed by atoms with Gasteiger partial charge in [-0.05, 0) is 65.4 Å². The van der Waals surface area contributed by atoms with Crippen molar-refractivity contribution in [2.75, 3.05) is 33.0 Å². The summed E-state index contributed by atoms with van der Waals surface area (Å²) in [7, 11) is 0. The van der Waals surface area contributed by atoms with E-state index < -0.39 is 0 Å². The highest BCUT2D eigenvalue weighted by molar-refractivity contribution is 5.75. The molecule has 0 amide bonds. The number of hydrogen-bond donors (Lipinski definition) is 0. The van der Waals surface area contributed by atoms with Gasteiger partial charge in [0, 0.05) is 0 Å². The van der Waals surface area contributed by atoms with E-state index >= 15 is 0 Å². The monoisotopic (exact) mass is 647 g/mol. The second-order valence-electron chi connectivity index (χ2n) is 12.1. The molecule has 7 heteroatoms. The Bertz CT molecular complexity index is 841. The SMILES string of the molecule is C.C.C.C.C.C.CC1CO1.CCC(C)(C)C(=O)OCC1(C)CO1.CCC(C)C(=O)OCC1(C)CO1.CCC(C)c1ccccc1. The minimum Gasteiger partial charge on any atom is -0.462 e. The summed E-state index contributed by atoms with van der Waals surface area (Å²) in [4.78, 5) is 22.7. The minimum atomic E-state index is -0.370. The summed E-state index contributed by atoms with van der Waals surface area (Å²) >= 11 is 0. The van der Waals surface area contributed by atoms with Gasteiger partial charge in [0.25, 0.3) is 0 Å². The number of ether oxygens (including phenoxy) is 5. The first-order valence-corrected chi connectivity index (χ1v) is 14.5. The van der Waals surface area contributed by atoms with E-state index in [1.165, 1.54) is 12.0 Å². The van der Waals surface area contributed by atoms with Crippen LogP contribution in [0.3, 0.4) is 0 Å². The fraction of sp³-hybridized carbons (Fsp3) is 0.789. The lowest BCUT2D eigenvalue weighted by atomic mass is 9.91.